The number of rotatable bonds is 8. The zero-order valence-corrected chi connectivity index (χ0v) is 12.9. The molecule has 0 radical (unpaired) electrons. The van der Waals surface area contributed by atoms with Gasteiger partial charge >= 0.3 is 5.97 Å². The fraction of sp³-hybridized carbons (Fsp3) is 0.429. The first kappa shape index (κ1) is 16.5. The minimum absolute atomic E-state index is 0.210. The van der Waals surface area contributed by atoms with Gasteiger partial charge in [-0.15, -0.1) is 0 Å². The van der Waals surface area contributed by atoms with Crippen LogP contribution in [0.25, 0.3) is 0 Å². The summed E-state index contributed by atoms with van der Waals surface area (Å²) in [6.45, 7) is 1.76. The first-order valence-electron chi connectivity index (χ1n) is 6.44. The highest BCUT2D eigenvalue weighted by Gasteiger charge is 2.19. The Morgan fingerprint density at radius 1 is 1.40 bits per heavy atom. The lowest BCUT2D eigenvalue weighted by Crippen LogP contribution is -2.42. The van der Waals surface area contributed by atoms with Crippen molar-refractivity contribution in [3.63, 3.8) is 0 Å². The summed E-state index contributed by atoms with van der Waals surface area (Å²) in [6, 6.07) is 6.30. The van der Waals surface area contributed by atoms with Gasteiger partial charge in [-0.25, -0.2) is 4.79 Å². The van der Waals surface area contributed by atoms with Crippen molar-refractivity contribution >= 4 is 27.8 Å². The van der Waals surface area contributed by atoms with Crippen LogP contribution in [0.3, 0.4) is 0 Å². The molecular weight excluding hydrogens is 326 g/mol. The Hall–Kier alpha value is -1.56. The number of carbonyl (C=O) groups is 2. The van der Waals surface area contributed by atoms with Crippen molar-refractivity contribution < 1.29 is 19.4 Å². The topological polar surface area (TPSA) is 75.6 Å². The SMILES string of the molecule is CCCCC(NC(=O)COc1ccccc1Br)C(=O)O. The number of para-hydroxylation sites is 1. The zero-order chi connectivity index (χ0) is 15.0. The molecule has 0 aromatic heterocycles. The standard InChI is InChI=1S/C14H18BrNO4/c1-2-3-7-11(14(18)19)16-13(17)9-20-12-8-5-4-6-10(12)15/h4-6,8,11H,2-3,7,9H2,1H3,(H,16,17)(H,18,19). The molecule has 1 atom stereocenters. The average molecular weight is 344 g/mol. The molecule has 6 heteroatoms. The summed E-state index contributed by atoms with van der Waals surface area (Å²) in [7, 11) is 0. The number of aliphatic carboxylic acids is 1. The van der Waals surface area contributed by atoms with Gasteiger partial charge in [0.15, 0.2) is 6.61 Å². The quantitative estimate of drug-likeness (QED) is 0.760. The summed E-state index contributed by atoms with van der Waals surface area (Å²) in [4.78, 5) is 22.7. The van der Waals surface area contributed by atoms with Crippen LogP contribution in [0.2, 0.25) is 0 Å². The molecule has 1 rings (SSSR count). The highest BCUT2D eigenvalue weighted by atomic mass is 79.9. The van der Waals surface area contributed by atoms with E-state index in [2.05, 4.69) is 21.2 Å². The van der Waals surface area contributed by atoms with Gasteiger partial charge in [0.1, 0.15) is 11.8 Å². The predicted octanol–water partition coefficient (Wildman–Crippen LogP) is 2.59. The molecule has 0 spiro atoms. The van der Waals surface area contributed by atoms with Gasteiger partial charge < -0.3 is 15.2 Å². The molecule has 0 saturated carbocycles. The number of benzene rings is 1. The van der Waals surface area contributed by atoms with Crippen LogP contribution >= 0.6 is 15.9 Å². The second kappa shape index (κ2) is 8.58. The van der Waals surface area contributed by atoms with E-state index >= 15 is 0 Å². The van der Waals surface area contributed by atoms with E-state index in [-0.39, 0.29) is 6.61 Å². The molecule has 0 aliphatic carbocycles. The van der Waals surface area contributed by atoms with Crippen LogP contribution in [0.15, 0.2) is 28.7 Å². The lowest BCUT2D eigenvalue weighted by atomic mass is 10.1. The maximum absolute atomic E-state index is 11.7. The Bertz CT molecular complexity index is 464. The van der Waals surface area contributed by atoms with Crippen molar-refractivity contribution in [2.75, 3.05) is 6.61 Å². The van der Waals surface area contributed by atoms with Gasteiger partial charge in [-0.3, -0.25) is 4.79 Å². The second-order valence-electron chi connectivity index (χ2n) is 4.32. The summed E-state index contributed by atoms with van der Waals surface area (Å²) in [6.07, 6.45) is 2.06. The van der Waals surface area contributed by atoms with Crippen molar-refractivity contribution in [3.8, 4) is 5.75 Å². The molecule has 110 valence electrons. The first-order valence-corrected chi connectivity index (χ1v) is 7.23. The Balaban J connectivity index is 2.46. The van der Waals surface area contributed by atoms with Gasteiger partial charge in [-0.05, 0) is 34.5 Å². The van der Waals surface area contributed by atoms with Gasteiger partial charge in [-0.1, -0.05) is 31.9 Å². The highest BCUT2D eigenvalue weighted by Crippen LogP contribution is 2.23. The Kier molecular flexibility index (Phi) is 7.08. The van der Waals surface area contributed by atoms with Crippen LogP contribution in [0.5, 0.6) is 5.75 Å². The summed E-state index contributed by atoms with van der Waals surface area (Å²) in [5.74, 6) is -0.917. The second-order valence-corrected chi connectivity index (χ2v) is 5.17. The fourth-order valence-electron chi connectivity index (χ4n) is 1.61. The third kappa shape index (κ3) is 5.61. The number of carbonyl (C=O) groups excluding carboxylic acids is 1. The maximum atomic E-state index is 11.7. The van der Waals surface area contributed by atoms with E-state index in [9.17, 15) is 9.59 Å². The maximum Gasteiger partial charge on any atom is 0.326 e. The molecule has 0 aliphatic heterocycles. The first-order chi connectivity index (χ1) is 9.54. The molecule has 0 fully saturated rings. The summed E-state index contributed by atoms with van der Waals surface area (Å²) >= 11 is 3.30. The minimum Gasteiger partial charge on any atom is -0.483 e. The van der Waals surface area contributed by atoms with Gasteiger partial charge in [0, 0.05) is 0 Å². The van der Waals surface area contributed by atoms with E-state index < -0.39 is 17.9 Å². The van der Waals surface area contributed by atoms with Crippen molar-refractivity contribution in [1.82, 2.24) is 5.32 Å². The molecule has 1 amide bonds. The molecule has 0 bridgehead atoms. The van der Waals surface area contributed by atoms with Crippen LogP contribution in [0.4, 0.5) is 0 Å². The summed E-state index contributed by atoms with van der Waals surface area (Å²) in [5, 5.41) is 11.5. The van der Waals surface area contributed by atoms with E-state index in [1.807, 2.05) is 13.0 Å². The van der Waals surface area contributed by atoms with Crippen molar-refractivity contribution in [2.24, 2.45) is 0 Å². The number of carboxylic acid groups (broad SMARTS) is 1. The molecule has 2 N–H and O–H groups in total. The molecule has 1 unspecified atom stereocenters. The van der Waals surface area contributed by atoms with Crippen molar-refractivity contribution in [3.05, 3.63) is 28.7 Å². The average Bonchev–Trinajstić information content (AvgIpc) is 2.42. The van der Waals surface area contributed by atoms with Gasteiger partial charge in [0.25, 0.3) is 5.91 Å². The number of hydrogen-bond donors (Lipinski definition) is 2. The number of nitrogens with one attached hydrogen (secondary N) is 1. The number of halogens is 1. The minimum atomic E-state index is -1.02. The summed E-state index contributed by atoms with van der Waals surface area (Å²) in [5.41, 5.74) is 0. The number of carboxylic acids is 1. The van der Waals surface area contributed by atoms with Crippen LogP contribution in [0, 0.1) is 0 Å². The third-order valence-electron chi connectivity index (χ3n) is 2.68. The normalized spacial score (nSPS) is 11.7. The molecule has 0 heterocycles. The van der Waals surface area contributed by atoms with Crippen LogP contribution in [-0.4, -0.2) is 29.6 Å². The largest absolute Gasteiger partial charge is 0.483 e. The molecule has 1 aromatic rings. The smallest absolute Gasteiger partial charge is 0.326 e. The zero-order valence-electron chi connectivity index (χ0n) is 11.3. The Morgan fingerprint density at radius 3 is 2.70 bits per heavy atom. The van der Waals surface area contributed by atoms with Crippen LogP contribution in [0.1, 0.15) is 26.2 Å². The van der Waals surface area contributed by atoms with E-state index in [4.69, 9.17) is 9.84 Å². The van der Waals surface area contributed by atoms with E-state index in [0.29, 0.717) is 12.2 Å². The fourth-order valence-corrected chi connectivity index (χ4v) is 2.01. The van der Waals surface area contributed by atoms with Gasteiger partial charge in [0.2, 0.25) is 0 Å². The van der Waals surface area contributed by atoms with Crippen LogP contribution in [-0.2, 0) is 9.59 Å². The Labute approximate surface area is 126 Å². The number of amides is 1. The van der Waals surface area contributed by atoms with E-state index in [1.54, 1.807) is 18.2 Å². The molecule has 0 aliphatic rings. The Morgan fingerprint density at radius 2 is 2.10 bits per heavy atom. The lowest BCUT2D eigenvalue weighted by molar-refractivity contribution is -0.142. The monoisotopic (exact) mass is 343 g/mol. The molecule has 1 aromatic carbocycles. The number of ether oxygens (including phenoxy) is 1. The molecule has 0 saturated heterocycles. The third-order valence-corrected chi connectivity index (χ3v) is 3.33. The highest BCUT2D eigenvalue weighted by molar-refractivity contribution is 9.10. The van der Waals surface area contributed by atoms with Gasteiger partial charge in [-0.2, -0.15) is 0 Å². The summed E-state index contributed by atoms with van der Waals surface area (Å²) < 4.78 is 6.08. The van der Waals surface area contributed by atoms with E-state index in [0.717, 1.165) is 17.3 Å². The lowest BCUT2D eigenvalue weighted by Gasteiger charge is -2.14. The predicted molar refractivity (Wildman–Crippen MR) is 78.7 cm³/mol. The van der Waals surface area contributed by atoms with Crippen LogP contribution < -0.4 is 10.1 Å². The van der Waals surface area contributed by atoms with Crippen molar-refractivity contribution in [2.45, 2.75) is 32.2 Å². The molecular formula is C14H18BrNO4. The number of hydrogen-bond acceptors (Lipinski definition) is 3. The van der Waals surface area contributed by atoms with Crippen molar-refractivity contribution in [1.29, 1.82) is 0 Å². The van der Waals surface area contributed by atoms with E-state index in [1.165, 1.54) is 0 Å². The molecule has 20 heavy (non-hydrogen) atoms. The van der Waals surface area contributed by atoms with Gasteiger partial charge in [0.05, 0.1) is 4.47 Å². The molecule has 5 nitrogen and oxygen atoms in total. The number of unbranched alkanes of at least 4 members (excludes halogenated alkanes) is 1.